The van der Waals surface area contributed by atoms with Crippen LogP contribution in [0.1, 0.15) is 48.2 Å². The van der Waals surface area contributed by atoms with Gasteiger partial charge in [-0.1, -0.05) is 61.9 Å². The SMILES string of the molecule is Cc1ccc(C(C)(C)CCC(=O)NCCNC(=O)c2ccccc2)cc1. The quantitative estimate of drug-likeness (QED) is 0.713. The number of rotatable bonds is 8. The van der Waals surface area contributed by atoms with Crippen molar-refractivity contribution in [2.45, 2.75) is 39.0 Å². The van der Waals surface area contributed by atoms with Crippen LogP contribution in [0.15, 0.2) is 54.6 Å². The fraction of sp³-hybridized carbons (Fsp3) is 0.364. The molecule has 0 radical (unpaired) electrons. The van der Waals surface area contributed by atoms with E-state index in [1.165, 1.54) is 11.1 Å². The predicted octanol–water partition coefficient (Wildman–Crippen LogP) is 3.60. The van der Waals surface area contributed by atoms with Gasteiger partial charge in [0.15, 0.2) is 0 Å². The molecule has 26 heavy (non-hydrogen) atoms. The molecule has 0 bridgehead atoms. The molecular formula is C22H28N2O2. The number of aryl methyl sites for hydroxylation is 1. The summed E-state index contributed by atoms with van der Waals surface area (Å²) in [6, 6.07) is 17.5. The van der Waals surface area contributed by atoms with Crippen molar-refractivity contribution in [3.8, 4) is 0 Å². The number of benzene rings is 2. The summed E-state index contributed by atoms with van der Waals surface area (Å²) in [6.07, 6.45) is 1.24. The molecule has 0 aliphatic rings. The Bertz CT molecular complexity index is 722. The van der Waals surface area contributed by atoms with Gasteiger partial charge in [-0.2, -0.15) is 0 Å². The molecule has 0 heterocycles. The third-order valence-electron chi connectivity index (χ3n) is 4.58. The average Bonchev–Trinajstić information content (AvgIpc) is 2.64. The van der Waals surface area contributed by atoms with Crippen LogP contribution in [0.25, 0.3) is 0 Å². The van der Waals surface area contributed by atoms with Gasteiger partial charge in [-0.05, 0) is 36.5 Å². The van der Waals surface area contributed by atoms with Crippen molar-refractivity contribution in [3.63, 3.8) is 0 Å². The monoisotopic (exact) mass is 352 g/mol. The summed E-state index contributed by atoms with van der Waals surface area (Å²) < 4.78 is 0. The van der Waals surface area contributed by atoms with E-state index in [1.54, 1.807) is 12.1 Å². The lowest BCUT2D eigenvalue weighted by Crippen LogP contribution is -2.35. The summed E-state index contributed by atoms with van der Waals surface area (Å²) >= 11 is 0. The van der Waals surface area contributed by atoms with Gasteiger partial charge in [0.2, 0.25) is 5.91 Å². The van der Waals surface area contributed by atoms with Crippen molar-refractivity contribution in [2.24, 2.45) is 0 Å². The van der Waals surface area contributed by atoms with Crippen LogP contribution in [0.2, 0.25) is 0 Å². The maximum Gasteiger partial charge on any atom is 0.251 e. The zero-order chi connectivity index (χ0) is 19.0. The predicted molar refractivity (Wildman–Crippen MR) is 105 cm³/mol. The van der Waals surface area contributed by atoms with Crippen LogP contribution in [0.3, 0.4) is 0 Å². The van der Waals surface area contributed by atoms with Crippen LogP contribution in [0, 0.1) is 6.92 Å². The Hall–Kier alpha value is -2.62. The van der Waals surface area contributed by atoms with E-state index >= 15 is 0 Å². The zero-order valence-electron chi connectivity index (χ0n) is 15.8. The van der Waals surface area contributed by atoms with Crippen LogP contribution in [0.5, 0.6) is 0 Å². The van der Waals surface area contributed by atoms with Crippen molar-refractivity contribution in [2.75, 3.05) is 13.1 Å². The Balaban J connectivity index is 1.68. The average molecular weight is 352 g/mol. The third-order valence-corrected chi connectivity index (χ3v) is 4.58. The molecule has 0 atom stereocenters. The van der Waals surface area contributed by atoms with Gasteiger partial charge < -0.3 is 10.6 Å². The first-order valence-electron chi connectivity index (χ1n) is 9.05. The summed E-state index contributed by atoms with van der Waals surface area (Å²) in [4.78, 5) is 24.0. The van der Waals surface area contributed by atoms with Gasteiger partial charge in [0.25, 0.3) is 5.91 Å². The van der Waals surface area contributed by atoms with Crippen LogP contribution in [-0.4, -0.2) is 24.9 Å². The number of amides is 2. The number of carbonyl (C=O) groups is 2. The van der Waals surface area contributed by atoms with E-state index in [-0.39, 0.29) is 17.2 Å². The van der Waals surface area contributed by atoms with E-state index in [4.69, 9.17) is 0 Å². The van der Waals surface area contributed by atoms with Gasteiger partial charge in [0.1, 0.15) is 0 Å². The molecule has 0 spiro atoms. The Morgan fingerprint density at radius 1 is 0.885 bits per heavy atom. The van der Waals surface area contributed by atoms with E-state index in [1.807, 2.05) is 18.2 Å². The molecule has 2 amide bonds. The minimum atomic E-state index is -0.125. The first-order valence-corrected chi connectivity index (χ1v) is 9.05. The smallest absolute Gasteiger partial charge is 0.251 e. The highest BCUT2D eigenvalue weighted by Gasteiger charge is 2.21. The molecule has 0 fully saturated rings. The second kappa shape index (κ2) is 9.18. The molecule has 2 aromatic carbocycles. The van der Waals surface area contributed by atoms with E-state index in [9.17, 15) is 9.59 Å². The highest BCUT2D eigenvalue weighted by Crippen LogP contribution is 2.28. The molecule has 2 rings (SSSR count). The number of hydrogen-bond acceptors (Lipinski definition) is 2. The summed E-state index contributed by atoms with van der Waals surface area (Å²) in [5.41, 5.74) is 3.05. The number of hydrogen-bond donors (Lipinski definition) is 2. The van der Waals surface area contributed by atoms with E-state index in [0.717, 1.165) is 6.42 Å². The Labute approximate surface area is 156 Å². The summed E-state index contributed by atoms with van der Waals surface area (Å²) in [5, 5.41) is 5.67. The zero-order valence-corrected chi connectivity index (χ0v) is 15.8. The largest absolute Gasteiger partial charge is 0.354 e. The van der Waals surface area contributed by atoms with Crippen molar-refractivity contribution >= 4 is 11.8 Å². The highest BCUT2D eigenvalue weighted by atomic mass is 16.2. The lowest BCUT2D eigenvalue weighted by atomic mass is 9.80. The number of nitrogens with one attached hydrogen (secondary N) is 2. The fourth-order valence-electron chi connectivity index (χ4n) is 2.73. The summed E-state index contributed by atoms with van der Waals surface area (Å²) in [5.74, 6) is -0.112. The maximum atomic E-state index is 12.1. The molecule has 0 aliphatic heterocycles. The van der Waals surface area contributed by atoms with Gasteiger partial charge >= 0.3 is 0 Å². The maximum absolute atomic E-state index is 12.1. The van der Waals surface area contributed by atoms with Gasteiger partial charge in [-0.3, -0.25) is 9.59 Å². The topological polar surface area (TPSA) is 58.2 Å². The van der Waals surface area contributed by atoms with Gasteiger partial charge in [-0.15, -0.1) is 0 Å². The minimum Gasteiger partial charge on any atom is -0.354 e. The van der Waals surface area contributed by atoms with Gasteiger partial charge in [-0.25, -0.2) is 0 Å². The molecule has 138 valence electrons. The molecule has 0 unspecified atom stereocenters. The van der Waals surface area contributed by atoms with E-state index in [0.29, 0.717) is 25.1 Å². The molecule has 0 saturated carbocycles. The normalized spacial score (nSPS) is 11.0. The fourth-order valence-corrected chi connectivity index (χ4v) is 2.73. The second-order valence-corrected chi connectivity index (χ2v) is 7.22. The molecule has 2 N–H and O–H groups in total. The van der Waals surface area contributed by atoms with Crippen LogP contribution in [-0.2, 0) is 10.2 Å². The van der Waals surface area contributed by atoms with Crippen LogP contribution < -0.4 is 10.6 Å². The standard InChI is InChI=1S/C22H28N2O2/c1-17-9-11-19(12-10-17)22(2,3)14-13-20(25)23-15-16-24-21(26)18-7-5-4-6-8-18/h4-12H,13-16H2,1-3H3,(H,23,25)(H,24,26). The minimum absolute atomic E-state index is 0.0131. The Kier molecular flexibility index (Phi) is 6.96. The van der Waals surface area contributed by atoms with Gasteiger partial charge in [0.05, 0.1) is 0 Å². The Morgan fingerprint density at radius 3 is 2.15 bits per heavy atom. The van der Waals surface area contributed by atoms with Gasteiger partial charge in [0, 0.05) is 25.1 Å². The van der Waals surface area contributed by atoms with E-state index < -0.39 is 0 Å². The van der Waals surface area contributed by atoms with Crippen molar-refractivity contribution in [1.29, 1.82) is 0 Å². The summed E-state index contributed by atoms with van der Waals surface area (Å²) in [6.45, 7) is 7.24. The lowest BCUT2D eigenvalue weighted by Gasteiger charge is -2.25. The highest BCUT2D eigenvalue weighted by molar-refractivity contribution is 5.94. The Morgan fingerprint density at radius 2 is 1.50 bits per heavy atom. The first-order chi connectivity index (χ1) is 12.4. The summed E-state index contributed by atoms with van der Waals surface area (Å²) in [7, 11) is 0. The molecule has 4 nitrogen and oxygen atoms in total. The van der Waals surface area contributed by atoms with Crippen LogP contribution >= 0.6 is 0 Å². The number of carbonyl (C=O) groups excluding carboxylic acids is 2. The molecule has 2 aromatic rings. The van der Waals surface area contributed by atoms with E-state index in [2.05, 4.69) is 55.7 Å². The molecule has 0 aromatic heterocycles. The molecule has 0 saturated heterocycles. The molecule has 0 aliphatic carbocycles. The first kappa shape index (κ1) is 19.7. The third kappa shape index (κ3) is 6.03. The lowest BCUT2D eigenvalue weighted by molar-refractivity contribution is -0.121. The van der Waals surface area contributed by atoms with Crippen molar-refractivity contribution in [3.05, 3.63) is 71.3 Å². The molecular weight excluding hydrogens is 324 g/mol. The van der Waals surface area contributed by atoms with Crippen molar-refractivity contribution < 1.29 is 9.59 Å². The molecule has 4 heteroatoms. The second-order valence-electron chi connectivity index (χ2n) is 7.22. The van der Waals surface area contributed by atoms with Crippen molar-refractivity contribution in [1.82, 2.24) is 10.6 Å². The van der Waals surface area contributed by atoms with Crippen LogP contribution in [0.4, 0.5) is 0 Å².